The normalized spacial score (nSPS) is 15.5. The fourth-order valence-electron chi connectivity index (χ4n) is 3.86. The van der Waals surface area contributed by atoms with Crippen LogP contribution in [0.4, 0.5) is 0 Å². The zero-order chi connectivity index (χ0) is 21.6. The summed E-state index contributed by atoms with van der Waals surface area (Å²) in [5.74, 6) is 1.02. The molecule has 0 fully saturated rings. The van der Waals surface area contributed by atoms with Crippen LogP contribution in [0.5, 0.6) is 0 Å². The van der Waals surface area contributed by atoms with Crippen molar-refractivity contribution in [3.8, 4) is 11.4 Å². The molecule has 0 spiro atoms. The fourth-order valence-corrected chi connectivity index (χ4v) is 4.76. The van der Waals surface area contributed by atoms with Gasteiger partial charge in [-0.05, 0) is 54.7 Å². The number of carbonyl (C=O) groups is 1. The molecule has 8 heteroatoms. The molecular formula is C23H25ClN4O2S. The number of hydrogen-bond donors (Lipinski definition) is 1. The summed E-state index contributed by atoms with van der Waals surface area (Å²) in [6, 6.07) is 15.9. The van der Waals surface area contributed by atoms with Crippen LogP contribution < -0.4 is 5.32 Å². The van der Waals surface area contributed by atoms with E-state index >= 15 is 0 Å². The van der Waals surface area contributed by atoms with Gasteiger partial charge in [0, 0.05) is 17.7 Å². The quantitative estimate of drug-likeness (QED) is 0.504. The molecule has 0 saturated heterocycles. The van der Waals surface area contributed by atoms with Gasteiger partial charge in [0.15, 0.2) is 11.0 Å². The lowest BCUT2D eigenvalue weighted by molar-refractivity contribution is -0.119. The van der Waals surface area contributed by atoms with E-state index < -0.39 is 0 Å². The molecule has 0 bridgehead atoms. The highest BCUT2D eigenvalue weighted by Crippen LogP contribution is 2.30. The third-order valence-electron chi connectivity index (χ3n) is 5.38. The predicted octanol–water partition coefficient (Wildman–Crippen LogP) is 4.53. The van der Waals surface area contributed by atoms with Gasteiger partial charge in [0.05, 0.1) is 24.9 Å². The van der Waals surface area contributed by atoms with E-state index in [1.165, 1.54) is 22.9 Å². The SMILES string of the molecule is COCCn1c(SCC(=O)N[C@H]2CCCc3ccccc32)nnc1-c1ccc(Cl)cc1. The van der Waals surface area contributed by atoms with Crippen LogP contribution in [-0.4, -0.2) is 40.1 Å². The summed E-state index contributed by atoms with van der Waals surface area (Å²) in [4.78, 5) is 12.7. The molecule has 162 valence electrons. The van der Waals surface area contributed by atoms with Crippen molar-refractivity contribution in [1.29, 1.82) is 0 Å². The van der Waals surface area contributed by atoms with Crippen LogP contribution in [0, 0.1) is 0 Å². The molecule has 1 amide bonds. The number of aryl methyl sites for hydroxylation is 1. The van der Waals surface area contributed by atoms with Crippen molar-refractivity contribution >= 4 is 29.3 Å². The zero-order valence-electron chi connectivity index (χ0n) is 17.4. The Labute approximate surface area is 191 Å². The number of aromatic nitrogens is 3. The fraction of sp³-hybridized carbons (Fsp3) is 0.348. The summed E-state index contributed by atoms with van der Waals surface area (Å²) in [6.07, 6.45) is 3.14. The number of amides is 1. The third-order valence-corrected chi connectivity index (χ3v) is 6.59. The number of nitrogens with zero attached hydrogens (tertiary/aromatic N) is 3. The molecule has 0 aliphatic heterocycles. The van der Waals surface area contributed by atoms with E-state index in [4.69, 9.17) is 16.3 Å². The third kappa shape index (κ3) is 5.29. The Balaban J connectivity index is 1.44. The Hall–Kier alpha value is -2.35. The van der Waals surface area contributed by atoms with E-state index in [9.17, 15) is 4.79 Å². The summed E-state index contributed by atoms with van der Waals surface area (Å²) in [7, 11) is 1.66. The molecule has 1 N–H and O–H groups in total. The maximum absolute atomic E-state index is 12.7. The van der Waals surface area contributed by atoms with Crippen molar-refractivity contribution in [2.75, 3.05) is 19.5 Å². The van der Waals surface area contributed by atoms with Crippen molar-refractivity contribution < 1.29 is 9.53 Å². The average molecular weight is 457 g/mol. The lowest BCUT2D eigenvalue weighted by atomic mass is 9.88. The van der Waals surface area contributed by atoms with Crippen LogP contribution in [0.3, 0.4) is 0 Å². The number of halogens is 1. The Morgan fingerprint density at radius 3 is 2.84 bits per heavy atom. The lowest BCUT2D eigenvalue weighted by Crippen LogP contribution is -2.32. The van der Waals surface area contributed by atoms with Crippen LogP contribution in [0.1, 0.15) is 30.0 Å². The molecule has 1 aliphatic rings. The Bertz CT molecular complexity index is 1040. The van der Waals surface area contributed by atoms with Crippen LogP contribution in [0.15, 0.2) is 53.7 Å². The average Bonchev–Trinajstić information content (AvgIpc) is 3.19. The minimum absolute atomic E-state index is 0.000961. The van der Waals surface area contributed by atoms with Crippen molar-refractivity contribution in [2.24, 2.45) is 0 Å². The Morgan fingerprint density at radius 2 is 2.03 bits per heavy atom. The van der Waals surface area contributed by atoms with E-state index in [1.54, 1.807) is 7.11 Å². The lowest BCUT2D eigenvalue weighted by Gasteiger charge is -2.26. The second kappa shape index (κ2) is 10.3. The highest BCUT2D eigenvalue weighted by atomic mass is 35.5. The first-order chi connectivity index (χ1) is 15.2. The molecular weight excluding hydrogens is 432 g/mol. The highest BCUT2D eigenvalue weighted by Gasteiger charge is 2.22. The van der Waals surface area contributed by atoms with Crippen LogP contribution in [0.25, 0.3) is 11.4 Å². The molecule has 1 aliphatic carbocycles. The van der Waals surface area contributed by atoms with Gasteiger partial charge in [0.1, 0.15) is 0 Å². The van der Waals surface area contributed by atoms with Gasteiger partial charge in [-0.15, -0.1) is 10.2 Å². The van der Waals surface area contributed by atoms with Gasteiger partial charge < -0.3 is 10.1 Å². The van der Waals surface area contributed by atoms with Crippen molar-refractivity contribution in [2.45, 2.75) is 37.0 Å². The molecule has 1 aromatic heterocycles. The molecule has 2 aromatic carbocycles. The maximum Gasteiger partial charge on any atom is 0.230 e. The van der Waals surface area contributed by atoms with Gasteiger partial charge >= 0.3 is 0 Å². The number of nitrogens with one attached hydrogen (secondary N) is 1. The first-order valence-electron chi connectivity index (χ1n) is 10.3. The molecule has 4 rings (SSSR count). The van der Waals surface area contributed by atoms with E-state index in [2.05, 4.69) is 33.7 Å². The number of thioether (sulfide) groups is 1. The molecule has 1 atom stereocenters. The monoisotopic (exact) mass is 456 g/mol. The number of methoxy groups -OCH3 is 1. The van der Waals surface area contributed by atoms with Crippen LogP contribution >= 0.6 is 23.4 Å². The summed E-state index contributed by atoms with van der Waals surface area (Å²) in [5.41, 5.74) is 3.49. The first-order valence-corrected chi connectivity index (χ1v) is 11.7. The van der Waals surface area contributed by atoms with Gasteiger partial charge in [-0.1, -0.05) is 47.6 Å². The largest absolute Gasteiger partial charge is 0.383 e. The van der Waals surface area contributed by atoms with E-state index in [0.29, 0.717) is 23.3 Å². The molecule has 3 aromatic rings. The maximum atomic E-state index is 12.7. The number of rotatable bonds is 8. The molecule has 6 nitrogen and oxygen atoms in total. The van der Waals surface area contributed by atoms with Crippen LogP contribution in [-0.2, 0) is 22.5 Å². The second-order valence-corrected chi connectivity index (χ2v) is 8.84. The summed E-state index contributed by atoms with van der Waals surface area (Å²) in [5, 5.41) is 13.2. The van der Waals surface area contributed by atoms with Gasteiger partial charge in [-0.2, -0.15) is 0 Å². The number of ether oxygens (including phenoxy) is 1. The second-order valence-electron chi connectivity index (χ2n) is 7.46. The molecule has 0 unspecified atom stereocenters. The van der Waals surface area contributed by atoms with Crippen molar-refractivity contribution in [1.82, 2.24) is 20.1 Å². The number of carbonyl (C=O) groups excluding carboxylic acids is 1. The van der Waals surface area contributed by atoms with Gasteiger partial charge in [-0.25, -0.2) is 0 Å². The topological polar surface area (TPSA) is 69.0 Å². The van der Waals surface area contributed by atoms with Gasteiger partial charge in [-0.3, -0.25) is 9.36 Å². The number of fused-ring (bicyclic) bond motifs is 1. The van der Waals surface area contributed by atoms with Crippen molar-refractivity contribution in [3.05, 3.63) is 64.7 Å². The molecule has 0 radical (unpaired) electrons. The van der Waals surface area contributed by atoms with E-state index in [-0.39, 0.29) is 17.7 Å². The minimum atomic E-state index is 0.000961. The Morgan fingerprint density at radius 1 is 1.23 bits per heavy atom. The van der Waals surface area contributed by atoms with E-state index in [0.717, 1.165) is 30.7 Å². The summed E-state index contributed by atoms with van der Waals surface area (Å²) >= 11 is 7.40. The molecule has 1 heterocycles. The Kier molecular flexibility index (Phi) is 7.27. The number of benzene rings is 2. The summed E-state index contributed by atoms with van der Waals surface area (Å²) < 4.78 is 7.24. The molecule has 0 saturated carbocycles. The minimum Gasteiger partial charge on any atom is -0.383 e. The van der Waals surface area contributed by atoms with Gasteiger partial charge in [0.2, 0.25) is 5.91 Å². The van der Waals surface area contributed by atoms with E-state index in [1.807, 2.05) is 34.9 Å². The predicted molar refractivity (Wildman–Crippen MR) is 123 cm³/mol. The standard InChI is InChI=1S/C23H25ClN4O2S/c1-30-14-13-28-22(17-9-11-18(24)12-10-17)26-27-23(28)31-15-21(29)25-20-8-4-6-16-5-2-3-7-19(16)20/h2-3,5,7,9-12,20H,4,6,8,13-15H2,1H3,(H,25,29)/t20-/m0/s1. The van der Waals surface area contributed by atoms with Crippen LogP contribution in [0.2, 0.25) is 5.02 Å². The van der Waals surface area contributed by atoms with Gasteiger partial charge in [0.25, 0.3) is 0 Å². The smallest absolute Gasteiger partial charge is 0.230 e. The zero-order valence-corrected chi connectivity index (χ0v) is 19.0. The number of hydrogen-bond acceptors (Lipinski definition) is 5. The first kappa shape index (κ1) is 21.9. The van der Waals surface area contributed by atoms with Crippen molar-refractivity contribution in [3.63, 3.8) is 0 Å². The summed E-state index contributed by atoms with van der Waals surface area (Å²) in [6.45, 7) is 1.12. The molecule has 31 heavy (non-hydrogen) atoms. The highest BCUT2D eigenvalue weighted by molar-refractivity contribution is 7.99.